The molecule has 0 atom stereocenters. The van der Waals surface area contributed by atoms with E-state index in [1.54, 1.807) is 22.8 Å². The minimum Gasteiger partial charge on any atom is -0.424 e. The van der Waals surface area contributed by atoms with Gasteiger partial charge in [0, 0.05) is 17.0 Å². The summed E-state index contributed by atoms with van der Waals surface area (Å²) in [5.74, 6) is 1.87. The zero-order valence-corrected chi connectivity index (χ0v) is 17.7. The van der Waals surface area contributed by atoms with Gasteiger partial charge in [-0.15, -0.1) is 10.2 Å². The summed E-state index contributed by atoms with van der Waals surface area (Å²) in [5.41, 5.74) is 0.350. The number of rotatable bonds is 5. The van der Waals surface area contributed by atoms with E-state index in [9.17, 15) is 4.79 Å². The first kappa shape index (κ1) is 19.9. The average Bonchev–Trinajstić information content (AvgIpc) is 3.05. The molecule has 0 bridgehead atoms. The lowest BCUT2D eigenvalue weighted by atomic mass is 9.97. The highest BCUT2D eigenvalue weighted by Gasteiger charge is 2.22. The molecule has 0 amide bonds. The molecule has 0 aliphatic carbocycles. The van der Waals surface area contributed by atoms with Crippen LogP contribution in [-0.2, 0) is 17.7 Å². The molecular weight excluding hydrogens is 384 g/mol. The Morgan fingerprint density at radius 3 is 2.63 bits per heavy atom. The highest BCUT2D eigenvalue weighted by Crippen LogP contribution is 2.26. The number of aromatic nitrogens is 4. The van der Waals surface area contributed by atoms with Gasteiger partial charge < -0.3 is 4.42 Å². The maximum absolute atomic E-state index is 13.0. The monoisotopic (exact) mass is 406 g/mol. The highest BCUT2D eigenvalue weighted by molar-refractivity contribution is 7.98. The SMILES string of the molecule is CC(C)Cn1c(SCc2nnc(C(C)(C)C)o2)nc2ccc(Cl)cc2c1=O. The minimum atomic E-state index is -0.198. The quantitative estimate of drug-likeness (QED) is 0.452. The molecule has 3 rings (SSSR count). The van der Waals surface area contributed by atoms with Gasteiger partial charge in [-0.1, -0.05) is 58.0 Å². The van der Waals surface area contributed by atoms with Crippen LogP contribution in [0.2, 0.25) is 5.02 Å². The van der Waals surface area contributed by atoms with E-state index in [0.717, 1.165) is 0 Å². The molecule has 0 radical (unpaired) electrons. The molecule has 6 nitrogen and oxygen atoms in total. The maximum Gasteiger partial charge on any atom is 0.262 e. The number of nitrogens with zero attached hydrogens (tertiary/aromatic N) is 4. The summed E-state index contributed by atoms with van der Waals surface area (Å²) in [6.45, 7) is 10.8. The van der Waals surface area contributed by atoms with E-state index < -0.39 is 0 Å². The molecular formula is C19H23ClN4O2S. The molecule has 0 spiro atoms. The van der Waals surface area contributed by atoms with Crippen molar-refractivity contribution in [3.05, 3.63) is 45.4 Å². The molecule has 2 aromatic heterocycles. The van der Waals surface area contributed by atoms with E-state index in [1.807, 2.05) is 20.8 Å². The third kappa shape index (κ3) is 4.52. The predicted molar refractivity (Wildman–Crippen MR) is 108 cm³/mol. The predicted octanol–water partition coefficient (Wildman–Crippen LogP) is 4.68. The van der Waals surface area contributed by atoms with Gasteiger partial charge in [0.1, 0.15) is 0 Å². The van der Waals surface area contributed by atoms with Crippen molar-refractivity contribution in [3.63, 3.8) is 0 Å². The van der Waals surface area contributed by atoms with E-state index in [4.69, 9.17) is 16.0 Å². The van der Waals surface area contributed by atoms with Gasteiger partial charge >= 0.3 is 0 Å². The summed E-state index contributed by atoms with van der Waals surface area (Å²) >= 11 is 7.48. The Labute approximate surface area is 167 Å². The van der Waals surface area contributed by atoms with Crippen LogP contribution in [0.5, 0.6) is 0 Å². The first-order valence-electron chi connectivity index (χ1n) is 8.81. The molecule has 0 saturated carbocycles. The van der Waals surface area contributed by atoms with Crippen LogP contribution >= 0.6 is 23.4 Å². The van der Waals surface area contributed by atoms with Crippen LogP contribution in [0.15, 0.2) is 32.6 Å². The number of fused-ring (bicyclic) bond motifs is 1. The fourth-order valence-electron chi connectivity index (χ4n) is 2.55. The van der Waals surface area contributed by atoms with Crippen molar-refractivity contribution in [2.45, 2.75) is 57.5 Å². The zero-order chi connectivity index (χ0) is 19.8. The molecule has 0 aliphatic heterocycles. The van der Waals surface area contributed by atoms with Crippen molar-refractivity contribution in [1.29, 1.82) is 0 Å². The summed E-state index contributed by atoms with van der Waals surface area (Å²) < 4.78 is 7.45. The topological polar surface area (TPSA) is 73.8 Å². The number of hydrogen-bond donors (Lipinski definition) is 0. The lowest BCUT2D eigenvalue weighted by Gasteiger charge is -2.14. The van der Waals surface area contributed by atoms with Gasteiger partial charge in [0.05, 0.1) is 16.7 Å². The van der Waals surface area contributed by atoms with E-state index in [1.165, 1.54) is 11.8 Å². The van der Waals surface area contributed by atoms with Crippen LogP contribution in [0, 0.1) is 5.92 Å². The lowest BCUT2D eigenvalue weighted by molar-refractivity contribution is 0.378. The van der Waals surface area contributed by atoms with E-state index in [-0.39, 0.29) is 11.0 Å². The van der Waals surface area contributed by atoms with Crippen molar-refractivity contribution < 1.29 is 4.42 Å². The van der Waals surface area contributed by atoms with Gasteiger partial charge in [-0.2, -0.15) is 0 Å². The highest BCUT2D eigenvalue weighted by atomic mass is 35.5. The zero-order valence-electron chi connectivity index (χ0n) is 16.1. The molecule has 1 aromatic carbocycles. The third-order valence-electron chi connectivity index (χ3n) is 3.86. The van der Waals surface area contributed by atoms with Gasteiger partial charge in [0.15, 0.2) is 5.16 Å². The van der Waals surface area contributed by atoms with Gasteiger partial charge in [-0.05, 0) is 24.1 Å². The molecule has 3 aromatic rings. The Morgan fingerprint density at radius 2 is 2.00 bits per heavy atom. The fourth-order valence-corrected chi connectivity index (χ4v) is 3.57. The van der Waals surface area contributed by atoms with Crippen LogP contribution in [0.4, 0.5) is 0 Å². The second-order valence-corrected chi connectivity index (χ2v) is 9.28. The summed E-state index contributed by atoms with van der Waals surface area (Å²) in [4.78, 5) is 17.7. The summed E-state index contributed by atoms with van der Waals surface area (Å²) in [6.07, 6.45) is 0. The first-order valence-corrected chi connectivity index (χ1v) is 10.2. The normalized spacial score (nSPS) is 12.3. The number of thioether (sulfide) groups is 1. The van der Waals surface area contributed by atoms with Gasteiger partial charge in [0.25, 0.3) is 5.56 Å². The Morgan fingerprint density at radius 1 is 1.26 bits per heavy atom. The van der Waals surface area contributed by atoms with Crippen LogP contribution in [0.25, 0.3) is 10.9 Å². The Kier molecular flexibility index (Phi) is 5.63. The summed E-state index contributed by atoms with van der Waals surface area (Å²) in [5, 5.41) is 9.92. The second kappa shape index (κ2) is 7.64. The molecule has 0 N–H and O–H groups in total. The van der Waals surface area contributed by atoms with Crippen LogP contribution < -0.4 is 5.56 Å². The smallest absolute Gasteiger partial charge is 0.262 e. The Bertz CT molecular complexity index is 1020. The average molecular weight is 407 g/mol. The number of halogens is 1. The Balaban J connectivity index is 1.96. The number of hydrogen-bond acceptors (Lipinski definition) is 6. The largest absolute Gasteiger partial charge is 0.424 e. The molecule has 8 heteroatoms. The molecule has 0 unspecified atom stereocenters. The van der Waals surface area contributed by atoms with E-state index in [2.05, 4.69) is 29.0 Å². The van der Waals surface area contributed by atoms with Gasteiger partial charge in [-0.3, -0.25) is 9.36 Å². The maximum atomic E-state index is 13.0. The standard InChI is InChI=1S/C19H23ClN4O2S/c1-11(2)9-24-16(25)13-8-12(20)6-7-14(13)21-18(24)27-10-15-22-23-17(26-15)19(3,4)5/h6-8,11H,9-10H2,1-5H3. The third-order valence-corrected chi connectivity index (χ3v) is 5.06. The molecule has 2 heterocycles. The lowest BCUT2D eigenvalue weighted by Crippen LogP contribution is -2.25. The van der Waals surface area contributed by atoms with E-state index >= 15 is 0 Å². The molecule has 27 heavy (non-hydrogen) atoms. The van der Waals surface area contributed by atoms with Crippen LogP contribution in [0.1, 0.15) is 46.4 Å². The molecule has 0 fully saturated rings. The minimum absolute atomic E-state index is 0.0837. The molecule has 0 aliphatic rings. The first-order chi connectivity index (χ1) is 12.6. The fraction of sp³-hybridized carbons (Fsp3) is 0.474. The Hall–Kier alpha value is -1.86. The van der Waals surface area contributed by atoms with Crippen LogP contribution in [0.3, 0.4) is 0 Å². The van der Waals surface area contributed by atoms with Crippen molar-refractivity contribution in [1.82, 2.24) is 19.7 Å². The van der Waals surface area contributed by atoms with Crippen molar-refractivity contribution >= 4 is 34.3 Å². The van der Waals surface area contributed by atoms with Crippen molar-refractivity contribution in [2.24, 2.45) is 5.92 Å². The number of benzene rings is 1. The molecule has 144 valence electrons. The van der Waals surface area contributed by atoms with Gasteiger partial charge in [-0.25, -0.2) is 4.98 Å². The molecule has 0 saturated heterocycles. The van der Waals surface area contributed by atoms with Gasteiger partial charge in [0.2, 0.25) is 11.8 Å². The summed E-state index contributed by atoms with van der Waals surface area (Å²) in [7, 11) is 0. The summed E-state index contributed by atoms with van der Waals surface area (Å²) in [6, 6.07) is 5.18. The van der Waals surface area contributed by atoms with E-state index in [0.29, 0.717) is 51.1 Å². The second-order valence-electron chi connectivity index (χ2n) is 7.91. The van der Waals surface area contributed by atoms with Crippen LogP contribution in [-0.4, -0.2) is 19.7 Å². The van der Waals surface area contributed by atoms with Crippen molar-refractivity contribution in [2.75, 3.05) is 0 Å². The van der Waals surface area contributed by atoms with Crippen molar-refractivity contribution in [3.8, 4) is 0 Å².